The zero-order valence-corrected chi connectivity index (χ0v) is 29.2. The molecule has 0 saturated carbocycles. The average Bonchev–Trinajstić information content (AvgIpc) is 3.56. The lowest BCUT2D eigenvalue weighted by molar-refractivity contribution is 0.0921. The van der Waals surface area contributed by atoms with Crippen LogP contribution in [0.1, 0.15) is 102 Å². The smallest absolute Gasteiger partial charge is 0.319 e. The maximum Gasteiger partial charge on any atom is 0.319 e. The van der Waals surface area contributed by atoms with Crippen LogP contribution in [0.25, 0.3) is 0 Å². The molecule has 0 aliphatic heterocycles. The molecule has 1 heterocycles. The Morgan fingerprint density at radius 2 is 1.41 bits per heavy atom. The minimum atomic E-state index is -0.296. The van der Waals surface area contributed by atoms with E-state index < -0.39 is 0 Å². The van der Waals surface area contributed by atoms with Gasteiger partial charge in [-0.1, -0.05) is 113 Å². The van der Waals surface area contributed by atoms with Crippen molar-refractivity contribution in [3.63, 3.8) is 0 Å². The molecule has 1 aromatic heterocycles. The summed E-state index contributed by atoms with van der Waals surface area (Å²) in [4.78, 5) is 26.2. The van der Waals surface area contributed by atoms with Crippen LogP contribution >= 0.6 is 0 Å². The van der Waals surface area contributed by atoms with Gasteiger partial charge in [0.15, 0.2) is 5.76 Å². The highest BCUT2D eigenvalue weighted by atomic mass is 16.3. The number of nitrogens with one attached hydrogen (secondary N) is 3. The first-order valence-electron chi connectivity index (χ1n) is 17.2. The van der Waals surface area contributed by atoms with Crippen molar-refractivity contribution < 1.29 is 14.0 Å². The van der Waals surface area contributed by atoms with Crippen molar-refractivity contribution in [1.29, 1.82) is 0 Å². The van der Waals surface area contributed by atoms with E-state index in [0.29, 0.717) is 25.1 Å². The zero-order valence-electron chi connectivity index (χ0n) is 29.2. The summed E-state index contributed by atoms with van der Waals surface area (Å²) in [5.74, 6) is 0.768. The number of rotatable bonds is 10. The van der Waals surface area contributed by atoms with Crippen molar-refractivity contribution in [2.75, 3.05) is 5.32 Å². The summed E-state index contributed by atoms with van der Waals surface area (Å²) in [7, 11) is 0. The number of hydrogen-bond donors (Lipinski definition) is 3. The Morgan fingerprint density at radius 1 is 0.755 bits per heavy atom. The molecule has 1 aliphatic rings. The van der Waals surface area contributed by atoms with E-state index in [4.69, 9.17) is 4.42 Å². The molecule has 0 saturated heterocycles. The van der Waals surface area contributed by atoms with Gasteiger partial charge >= 0.3 is 6.03 Å². The SMILES string of the molecule is Cc1cc2c(cc1Cc1ccc(C(=O)NCc3cccc(NC(=O)NC(Cc4ccccc4)c4ccccc4)c3)o1)C(C)(C)CCC2(C)C. The maximum absolute atomic E-state index is 13.1. The molecule has 0 bridgehead atoms. The van der Waals surface area contributed by atoms with Crippen molar-refractivity contribution in [2.24, 2.45) is 0 Å². The number of fused-ring (bicyclic) bond motifs is 1. The highest BCUT2D eigenvalue weighted by Crippen LogP contribution is 2.46. The second-order valence-electron chi connectivity index (χ2n) is 14.7. The summed E-state index contributed by atoms with van der Waals surface area (Å²) in [6, 6.07) is 35.4. The molecule has 6 nitrogen and oxygen atoms in total. The summed E-state index contributed by atoms with van der Waals surface area (Å²) < 4.78 is 6.04. The van der Waals surface area contributed by atoms with E-state index in [2.05, 4.69) is 74.8 Å². The first-order chi connectivity index (χ1) is 23.5. The summed E-state index contributed by atoms with van der Waals surface area (Å²) in [6.45, 7) is 11.8. The van der Waals surface area contributed by atoms with Crippen molar-refractivity contribution in [3.8, 4) is 0 Å². The quantitative estimate of drug-likeness (QED) is 0.140. The van der Waals surface area contributed by atoms with Crippen molar-refractivity contribution >= 4 is 17.6 Å². The number of urea groups is 1. The third-order valence-electron chi connectivity index (χ3n) is 9.99. The van der Waals surface area contributed by atoms with Crippen LogP contribution in [0.5, 0.6) is 0 Å². The monoisotopic (exact) mass is 653 g/mol. The Kier molecular flexibility index (Phi) is 9.77. The van der Waals surface area contributed by atoms with Crippen molar-refractivity contribution in [2.45, 2.75) is 83.7 Å². The van der Waals surface area contributed by atoms with Gasteiger partial charge in [0.05, 0.1) is 6.04 Å². The Labute approximate surface area is 290 Å². The Bertz CT molecular complexity index is 1920. The van der Waals surface area contributed by atoms with Crippen LogP contribution in [0.3, 0.4) is 0 Å². The van der Waals surface area contributed by atoms with Gasteiger partial charge in [-0.05, 0) is 100 Å². The topological polar surface area (TPSA) is 83.4 Å². The van der Waals surface area contributed by atoms with Crippen LogP contribution in [0.15, 0.2) is 114 Å². The van der Waals surface area contributed by atoms with Gasteiger partial charge in [-0.3, -0.25) is 4.79 Å². The number of aryl methyl sites for hydroxylation is 1. The van der Waals surface area contributed by atoms with Crippen LogP contribution in [0.2, 0.25) is 0 Å². The maximum atomic E-state index is 13.1. The number of benzene rings is 4. The fourth-order valence-electron chi connectivity index (χ4n) is 6.88. The Hall–Kier alpha value is -5.10. The van der Waals surface area contributed by atoms with Crippen LogP contribution < -0.4 is 16.0 Å². The molecule has 5 aromatic rings. The molecular formula is C43H47N3O3. The van der Waals surface area contributed by atoms with Gasteiger partial charge in [0.1, 0.15) is 5.76 Å². The minimum absolute atomic E-state index is 0.130. The molecule has 6 rings (SSSR count). The zero-order chi connectivity index (χ0) is 34.6. The lowest BCUT2D eigenvalue weighted by atomic mass is 9.62. The number of carbonyl (C=O) groups excluding carboxylic acids is 2. The van der Waals surface area contributed by atoms with Crippen LogP contribution in [-0.2, 0) is 30.2 Å². The molecule has 1 unspecified atom stereocenters. The first-order valence-corrected chi connectivity index (χ1v) is 17.2. The standard InChI is InChI=1S/C43H47N3O3/c1-29-23-36-37(43(4,5)22-21-42(36,2)3)27-33(29)26-35-19-20-39(49-35)40(47)44-28-31-15-12-18-34(24-31)45-41(48)46-38(32-16-10-7-11-17-32)25-30-13-8-6-9-14-30/h6-20,23-24,27,38H,21-22,25-26,28H2,1-5H3,(H,44,47)(H2,45,46,48). The molecule has 0 fully saturated rings. The van der Waals surface area contributed by atoms with Crippen LogP contribution in [-0.4, -0.2) is 11.9 Å². The number of furan rings is 1. The number of carbonyl (C=O) groups is 2. The summed E-state index contributed by atoms with van der Waals surface area (Å²) in [5.41, 5.74) is 9.32. The van der Waals surface area contributed by atoms with Crippen molar-refractivity contribution in [1.82, 2.24) is 10.6 Å². The molecule has 6 heteroatoms. The highest BCUT2D eigenvalue weighted by Gasteiger charge is 2.37. The summed E-state index contributed by atoms with van der Waals surface area (Å²) >= 11 is 0. The Balaban J connectivity index is 1.06. The Morgan fingerprint density at radius 3 is 2.12 bits per heavy atom. The fraction of sp³-hybridized carbons (Fsp3) is 0.302. The van der Waals surface area contributed by atoms with E-state index >= 15 is 0 Å². The predicted molar refractivity (Wildman–Crippen MR) is 197 cm³/mol. The second-order valence-corrected chi connectivity index (χ2v) is 14.7. The molecule has 0 radical (unpaired) electrons. The third-order valence-corrected chi connectivity index (χ3v) is 9.99. The molecule has 3 amide bonds. The third kappa shape index (κ3) is 8.14. The summed E-state index contributed by atoms with van der Waals surface area (Å²) in [6.07, 6.45) is 3.65. The van der Waals surface area contributed by atoms with E-state index in [0.717, 1.165) is 28.9 Å². The minimum Gasteiger partial charge on any atom is -0.456 e. The van der Waals surface area contributed by atoms with Gasteiger partial charge in [-0.15, -0.1) is 0 Å². The van der Waals surface area contributed by atoms with E-state index in [1.54, 1.807) is 6.07 Å². The molecule has 49 heavy (non-hydrogen) atoms. The average molecular weight is 654 g/mol. The molecule has 3 N–H and O–H groups in total. The normalized spacial score (nSPS) is 15.1. The molecule has 252 valence electrons. The lowest BCUT2D eigenvalue weighted by Crippen LogP contribution is -2.34. The molecule has 1 aliphatic carbocycles. The molecular weight excluding hydrogens is 606 g/mol. The molecule has 1 atom stereocenters. The number of anilines is 1. The van der Waals surface area contributed by atoms with Crippen LogP contribution in [0.4, 0.5) is 10.5 Å². The van der Waals surface area contributed by atoms with Gasteiger partial charge in [0, 0.05) is 18.7 Å². The van der Waals surface area contributed by atoms with Crippen molar-refractivity contribution in [3.05, 3.63) is 160 Å². The summed E-state index contributed by atoms with van der Waals surface area (Å²) in [5, 5.41) is 9.07. The number of amides is 3. The van der Waals surface area contributed by atoms with E-state index in [9.17, 15) is 9.59 Å². The molecule has 4 aromatic carbocycles. The van der Waals surface area contributed by atoms with Gasteiger partial charge in [-0.25, -0.2) is 4.79 Å². The fourth-order valence-corrected chi connectivity index (χ4v) is 6.88. The largest absolute Gasteiger partial charge is 0.456 e. The lowest BCUT2D eigenvalue weighted by Gasteiger charge is -2.42. The van der Waals surface area contributed by atoms with E-state index in [1.807, 2.05) is 78.9 Å². The first kappa shape index (κ1) is 33.8. The van der Waals surface area contributed by atoms with E-state index in [1.165, 1.54) is 28.7 Å². The predicted octanol–water partition coefficient (Wildman–Crippen LogP) is 9.56. The molecule has 0 spiro atoms. The number of hydrogen-bond acceptors (Lipinski definition) is 3. The van der Waals surface area contributed by atoms with Gasteiger partial charge in [0.25, 0.3) is 5.91 Å². The van der Waals surface area contributed by atoms with Gasteiger partial charge in [0.2, 0.25) is 0 Å². The van der Waals surface area contributed by atoms with Gasteiger partial charge in [-0.2, -0.15) is 0 Å². The second kappa shape index (κ2) is 14.2. The highest BCUT2D eigenvalue weighted by molar-refractivity contribution is 5.91. The van der Waals surface area contributed by atoms with Crippen LogP contribution in [0, 0.1) is 6.92 Å². The van der Waals surface area contributed by atoms with E-state index in [-0.39, 0.29) is 34.6 Å². The van der Waals surface area contributed by atoms with Gasteiger partial charge < -0.3 is 20.4 Å².